The number of hydrogen-bond donors (Lipinski definition) is 2. The van der Waals surface area contributed by atoms with Gasteiger partial charge in [-0.25, -0.2) is 0 Å². The van der Waals surface area contributed by atoms with E-state index in [-0.39, 0.29) is 31.4 Å². The van der Waals surface area contributed by atoms with Gasteiger partial charge in [0.25, 0.3) is 5.91 Å². The summed E-state index contributed by atoms with van der Waals surface area (Å²) in [5, 5.41) is 14.0. The van der Waals surface area contributed by atoms with E-state index in [1.807, 2.05) is 44.2 Å². The van der Waals surface area contributed by atoms with Gasteiger partial charge in [-0.2, -0.15) is 0 Å². The van der Waals surface area contributed by atoms with Crippen LogP contribution in [0.1, 0.15) is 45.3 Å². The molecule has 6 rings (SSSR count). The van der Waals surface area contributed by atoms with Crippen LogP contribution >= 0.6 is 11.6 Å². The van der Waals surface area contributed by atoms with Crippen molar-refractivity contribution in [2.24, 2.45) is 17.8 Å². The fraction of sp³-hybridized carbons (Fsp3) is 0.444. The van der Waals surface area contributed by atoms with Crippen LogP contribution in [0.2, 0.25) is 5.02 Å². The van der Waals surface area contributed by atoms with E-state index in [9.17, 15) is 24.3 Å². The van der Waals surface area contributed by atoms with Crippen LogP contribution in [0.5, 0.6) is 0 Å². The van der Waals surface area contributed by atoms with Gasteiger partial charge in [0.1, 0.15) is 23.7 Å². The number of halogens is 1. The number of esters is 1. The topological polar surface area (TPSA) is 125 Å². The van der Waals surface area contributed by atoms with Crippen LogP contribution in [0, 0.1) is 17.8 Å². The Morgan fingerprint density at radius 1 is 1.02 bits per heavy atom. The fourth-order valence-electron chi connectivity index (χ4n) is 7.47. The van der Waals surface area contributed by atoms with Crippen molar-refractivity contribution in [3.05, 3.63) is 89.5 Å². The molecule has 2 aromatic carbocycles. The van der Waals surface area contributed by atoms with E-state index in [0.29, 0.717) is 22.7 Å². The zero-order valence-corrected chi connectivity index (χ0v) is 27.4. The second kappa shape index (κ2) is 13.3. The number of nitrogens with zero attached hydrogens (tertiary/aromatic N) is 2. The van der Waals surface area contributed by atoms with Crippen LogP contribution < -0.4 is 10.2 Å². The number of allylic oxidation sites excluding steroid dienone is 1. The van der Waals surface area contributed by atoms with Gasteiger partial charge in [-0.05, 0) is 49.1 Å². The number of carbonyl (C=O) groups is 4. The lowest BCUT2D eigenvalue weighted by Crippen LogP contribution is -2.59. The summed E-state index contributed by atoms with van der Waals surface area (Å²) in [6.45, 7) is 5.34. The summed E-state index contributed by atoms with van der Waals surface area (Å²) < 4.78 is 13.0. The molecule has 0 saturated carbocycles. The highest BCUT2D eigenvalue weighted by Gasteiger charge is 2.72. The number of amides is 3. The zero-order chi connectivity index (χ0) is 33.5. The summed E-state index contributed by atoms with van der Waals surface area (Å²) in [4.78, 5) is 59.7. The van der Waals surface area contributed by atoms with Crippen molar-refractivity contribution in [2.45, 2.75) is 69.5 Å². The molecule has 2 fully saturated rings. The largest absolute Gasteiger partial charge is 0.455 e. The normalized spacial score (nSPS) is 32.4. The minimum absolute atomic E-state index is 0.187. The number of carbonyl (C=O) groups excluding carboxylic acids is 4. The van der Waals surface area contributed by atoms with Crippen LogP contribution in [-0.2, 0) is 28.7 Å². The van der Waals surface area contributed by atoms with E-state index in [1.54, 1.807) is 60.4 Å². The monoisotopic (exact) mass is 661 g/mol. The van der Waals surface area contributed by atoms with E-state index in [1.165, 1.54) is 4.90 Å². The molecule has 10 nitrogen and oxygen atoms in total. The minimum Gasteiger partial charge on any atom is -0.455 e. The molecule has 2 saturated heterocycles. The molecule has 3 amide bonds. The number of nitrogens with one attached hydrogen (secondary N) is 1. The maximum absolute atomic E-state index is 14.8. The van der Waals surface area contributed by atoms with Gasteiger partial charge in [-0.3, -0.25) is 19.2 Å². The molecular formula is C36H40ClN3O7. The average Bonchev–Trinajstić information content (AvgIpc) is 3.43. The van der Waals surface area contributed by atoms with Crippen LogP contribution in [-0.4, -0.2) is 76.7 Å². The standard InChI is InChI=1S/C36H40ClN3O7/c1-21(2)26(20-41)40-32-34(44)39(25-16-14-24(37)15-17-25)19-9-18-36(32)30(33(40)43)29-27(47-36)12-7-8-13-28(42)38-22(3)31(46-35(29)45)23-10-5-4-6-11-23/h4-7,9-12,14-18,21-22,26-27,29-32,41H,8,13,19-20H2,1-3H3,(H,38,42)/b12-7-/t22-,26-,27-,29+,30+,31+,32-,36+/m0/s1. The summed E-state index contributed by atoms with van der Waals surface area (Å²) in [5.41, 5.74) is -0.256. The fourth-order valence-corrected chi connectivity index (χ4v) is 7.60. The molecule has 2 aromatic rings. The van der Waals surface area contributed by atoms with Crippen LogP contribution in [0.15, 0.2) is 78.9 Å². The average molecular weight is 662 g/mol. The van der Waals surface area contributed by atoms with Crippen molar-refractivity contribution in [1.29, 1.82) is 0 Å². The van der Waals surface area contributed by atoms with Crippen LogP contribution in [0.3, 0.4) is 0 Å². The molecule has 248 valence electrons. The number of likely N-dealkylation sites (tertiary alicyclic amines) is 1. The number of anilines is 1. The second-order valence-corrected chi connectivity index (χ2v) is 13.4. The molecule has 0 aliphatic carbocycles. The predicted octanol–water partition coefficient (Wildman–Crippen LogP) is 3.98. The molecule has 0 aromatic heterocycles. The van der Waals surface area contributed by atoms with E-state index in [4.69, 9.17) is 21.1 Å². The minimum atomic E-state index is -1.53. The SMILES string of the molecule is CC(C)[C@H](CO)N1C(=O)[C@H]2[C@@H]3C(=O)O[C@@H](c4ccccc4)[C@H](C)NC(=O)CC/C=C\[C@@H]3O[C@]23C=CCN(c2ccc(Cl)cc2)C(=O)[C@H]13. The smallest absolute Gasteiger partial charge is 0.313 e. The molecule has 4 heterocycles. The number of aliphatic hydroxyl groups excluding tert-OH is 1. The molecule has 0 radical (unpaired) electrons. The number of benzene rings is 2. The molecule has 1 spiro atoms. The maximum atomic E-state index is 14.8. The number of aliphatic hydroxyl groups is 1. The highest BCUT2D eigenvalue weighted by molar-refractivity contribution is 6.30. The Bertz CT molecular complexity index is 1580. The molecule has 4 aliphatic rings. The van der Waals surface area contributed by atoms with Crippen molar-refractivity contribution >= 4 is 41.0 Å². The Kier molecular flexibility index (Phi) is 9.29. The van der Waals surface area contributed by atoms with E-state index < -0.39 is 65.6 Å². The molecule has 47 heavy (non-hydrogen) atoms. The lowest BCUT2D eigenvalue weighted by molar-refractivity contribution is -0.162. The lowest BCUT2D eigenvalue weighted by atomic mass is 9.77. The second-order valence-electron chi connectivity index (χ2n) is 13.0. The van der Waals surface area contributed by atoms with Crippen LogP contribution in [0.4, 0.5) is 5.69 Å². The Hall–Kier alpha value is -3.99. The zero-order valence-electron chi connectivity index (χ0n) is 26.6. The van der Waals surface area contributed by atoms with Crippen LogP contribution in [0.25, 0.3) is 0 Å². The lowest BCUT2D eigenvalue weighted by Gasteiger charge is -2.39. The first-order chi connectivity index (χ1) is 22.6. The van der Waals surface area contributed by atoms with Gasteiger partial charge in [0.05, 0.1) is 30.7 Å². The van der Waals surface area contributed by atoms with E-state index in [2.05, 4.69) is 5.32 Å². The number of cyclic esters (lactones) is 1. The van der Waals surface area contributed by atoms with Crippen molar-refractivity contribution in [3.63, 3.8) is 0 Å². The third-order valence-corrected chi connectivity index (χ3v) is 9.99. The maximum Gasteiger partial charge on any atom is 0.313 e. The predicted molar refractivity (Wildman–Crippen MR) is 175 cm³/mol. The van der Waals surface area contributed by atoms with E-state index in [0.717, 1.165) is 0 Å². The number of ether oxygens (including phenoxy) is 2. The van der Waals surface area contributed by atoms with Gasteiger partial charge in [0.15, 0.2) is 0 Å². The molecule has 0 unspecified atom stereocenters. The quantitative estimate of drug-likeness (QED) is 0.367. The molecule has 8 atom stereocenters. The van der Waals surface area contributed by atoms with Gasteiger partial charge in [-0.15, -0.1) is 0 Å². The third-order valence-electron chi connectivity index (χ3n) is 9.73. The van der Waals surface area contributed by atoms with Crippen molar-refractivity contribution in [3.8, 4) is 0 Å². The summed E-state index contributed by atoms with van der Waals surface area (Å²) in [5.74, 6) is -4.14. The molecule has 11 heteroatoms. The summed E-state index contributed by atoms with van der Waals surface area (Å²) in [7, 11) is 0. The van der Waals surface area contributed by atoms with Crippen molar-refractivity contribution in [2.75, 3.05) is 18.1 Å². The number of hydrogen-bond acceptors (Lipinski definition) is 7. The molecule has 4 aliphatic heterocycles. The van der Waals surface area contributed by atoms with Gasteiger partial charge in [0, 0.05) is 23.7 Å². The first kappa shape index (κ1) is 32.9. The Labute approximate surface area is 279 Å². The number of fused-ring (bicyclic) bond motifs is 2. The molecular weight excluding hydrogens is 622 g/mol. The Morgan fingerprint density at radius 2 is 1.74 bits per heavy atom. The first-order valence-corrected chi connectivity index (χ1v) is 16.5. The van der Waals surface area contributed by atoms with Gasteiger partial charge in [0.2, 0.25) is 11.8 Å². The number of rotatable bonds is 5. The van der Waals surface area contributed by atoms with Gasteiger partial charge in [-0.1, -0.05) is 80.1 Å². The van der Waals surface area contributed by atoms with Gasteiger partial charge >= 0.3 is 5.97 Å². The van der Waals surface area contributed by atoms with E-state index >= 15 is 0 Å². The van der Waals surface area contributed by atoms with Crippen molar-refractivity contribution < 1.29 is 33.8 Å². The molecule has 2 N–H and O–H groups in total. The third kappa shape index (κ3) is 5.87. The summed E-state index contributed by atoms with van der Waals surface area (Å²) in [6.07, 6.45) is 5.85. The van der Waals surface area contributed by atoms with Gasteiger partial charge < -0.3 is 29.7 Å². The summed E-state index contributed by atoms with van der Waals surface area (Å²) in [6, 6.07) is 13.5. The highest BCUT2D eigenvalue weighted by atomic mass is 35.5. The molecule has 0 bridgehead atoms. The Balaban J connectivity index is 1.47. The first-order valence-electron chi connectivity index (χ1n) is 16.1. The summed E-state index contributed by atoms with van der Waals surface area (Å²) >= 11 is 6.15. The Morgan fingerprint density at radius 3 is 2.43 bits per heavy atom. The highest BCUT2D eigenvalue weighted by Crippen LogP contribution is 2.54. The van der Waals surface area contributed by atoms with Crippen molar-refractivity contribution in [1.82, 2.24) is 10.2 Å².